The summed E-state index contributed by atoms with van der Waals surface area (Å²) in [6.07, 6.45) is 4.48. The van der Waals surface area contributed by atoms with E-state index in [1.807, 2.05) is 24.3 Å². The molecule has 0 N–H and O–H groups in total. The molecule has 2 aliphatic rings. The summed E-state index contributed by atoms with van der Waals surface area (Å²) in [6, 6.07) is 16.5. The first-order valence-corrected chi connectivity index (χ1v) is 8.04. The molecule has 0 saturated heterocycles. The molecule has 0 bridgehead atoms. The van der Waals surface area contributed by atoms with Gasteiger partial charge in [0.15, 0.2) is 0 Å². The van der Waals surface area contributed by atoms with E-state index in [1.165, 1.54) is 16.7 Å². The normalized spacial score (nSPS) is 19.2. The average Bonchev–Trinajstić information content (AvgIpc) is 3.31. The molecule has 112 valence electrons. The first kappa shape index (κ1) is 13.9. The molecule has 4 rings (SSSR count). The minimum Gasteiger partial charge on any atom is -0.268 e. The number of hydroxylamine groups is 1. The van der Waals surface area contributed by atoms with Gasteiger partial charge >= 0.3 is 0 Å². The third-order valence-corrected chi connectivity index (χ3v) is 4.85. The third kappa shape index (κ3) is 2.15. The molecule has 0 unspecified atom stereocenters. The largest absolute Gasteiger partial charge is 0.268 e. The van der Waals surface area contributed by atoms with Gasteiger partial charge in [-0.15, -0.1) is 0 Å². The van der Waals surface area contributed by atoms with Gasteiger partial charge in [0.25, 0.3) is 0 Å². The molecule has 0 atom stereocenters. The number of halogens is 1. The van der Waals surface area contributed by atoms with Gasteiger partial charge in [-0.05, 0) is 60.7 Å². The Hall–Kier alpha value is -1.77. The highest BCUT2D eigenvalue weighted by molar-refractivity contribution is 6.30. The lowest BCUT2D eigenvalue weighted by atomic mass is 9.91. The average molecular weight is 312 g/mol. The first-order chi connectivity index (χ1) is 10.7. The summed E-state index contributed by atoms with van der Waals surface area (Å²) in [6.45, 7) is 2.78. The Morgan fingerprint density at radius 3 is 2.45 bits per heavy atom. The Bertz CT molecular complexity index is 731. The summed E-state index contributed by atoms with van der Waals surface area (Å²) < 4.78 is 0. The van der Waals surface area contributed by atoms with E-state index in [1.54, 1.807) is 0 Å². The van der Waals surface area contributed by atoms with E-state index in [4.69, 9.17) is 16.4 Å². The van der Waals surface area contributed by atoms with Crippen molar-refractivity contribution in [2.24, 2.45) is 0 Å². The van der Waals surface area contributed by atoms with E-state index in [0.717, 1.165) is 23.6 Å². The van der Waals surface area contributed by atoms with Crippen LogP contribution in [0.2, 0.25) is 5.02 Å². The molecule has 3 heteroatoms. The number of aryl methyl sites for hydroxylation is 1. The van der Waals surface area contributed by atoms with E-state index in [0.29, 0.717) is 6.61 Å². The molecule has 2 nitrogen and oxygen atoms in total. The highest BCUT2D eigenvalue weighted by atomic mass is 35.5. The first-order valence-electron chi connectivity index (χ1n) is 7.66. The lowest BCUT2D eigenvalue weighted by Gasteiger charge is -2.38. The highest BCUT2D eigenvalue weighted by Gasteiger charge is 2.54. The number of hydrogen-bond donors (Lipinski definition) is 0. The van der Waals surface area contributed by atoms with Crippen molar-refractivity contribution >= 4 is 22.9 Å². The zero-order valence-electron chi connectivity index (χ0n) is 12.6. The Morgan fingerprint density at radius 2 is 1.77 bits per heavy atom. The monoisotopic (exact) mass is 311 g/mol. The van der Waals surface area contributed by atoms with Crippen molar-refractivity contribution in [1.82, 2.24) is 0 Å². The van der Waals surface area contributed by atoms with Crippen LogP contribution in [0.5, 0.6) is 0 Å². The van der Waals surface area contributed by atoms with E-state index < -0.39 is 0 Å². The van der Waals surface area contributed by atoms with Crippen molar-refractivity contribution in [2.75, 3.05) is 11.7 Å². The Morgan fingerprint density at radius 1 is 1.05 bits per heavy atom. The maximum atomic E-state index is 6.01. The number of nitrogens with zero attached hydrogens (tertiary/aromatic N) is 1. The van der Waals surface area contributed by atoms with Gasteiger partial charge in [-0.25, -0.2) is 5.06 Å². The molecular weight excluding hydrogens is 294 g/mol. The van der Waals surface area contributed by atoms with Crippen LogP contribution in [-0.2, 0) is 4.84 Å². The van der Waals surface area contributed by atoms with Crippen LogP contribution >= 0.6 is 11.6 Å². The fourth-order valence-corrected chi connectivity index (χ4v) is 3.47. The topological polar surface area (TPSA) is 12.5 Å². The fourth-order valence-electron chi connectivity index (χ4n) is 3.34. The van der Waals surface area contributed by atoms with Crippen LogP contribution in [0.15, 0.2) is 54.6 Å². The SMILES string of the molecule is Cc1ccccc1C1=CCON(c2ccc(Cl)cc2)C12CC2. The Labute approximate surface area is 135 Å². The minimum absolute atomic E-state index is 0.0157. The molecule has 2 aromatic rings. The molecular formula is C19H18ClNO. The maximum Gasteiger partial charge on any atom is 0.0937 e. The molecule has 0 radical (unpaired) electrons. The minimum atomic E-state index is -0.0157. The lowest BCUT2D eigenvalue weighted by Crippen LogP contribution is -2.41. The van der Waals surface area contributed by atoms with E-state index in [9.17, 15) is 0 Å². The summed E-state index contributed by atoms with van der Waals surface area (Å²) in [5, 5.41) is 2.84. The fraction of sp³-hybridized carbons (Fsp3) is 0.263. The number of anilines is 1. The Kier molecular flexibility index (Phi) is 3.24. The Balaban J connectivity index is 1.75. The molecule has 1 aliphatic heterocycles. The third-order valence-electron chi connectivity index (χ3n) is 4.60. The number of hydrogen-bond acceptors (Lipinski definition) is 2. The number of rotatable bonds is 2. The highest BCUT2D eigenvalue weighted by Crippen LogP contribution is 2.55. The summed E-state index contributed by atoms with van der Waals surface area (Å²) in [4.78, 5) is 5.99. The van der Waals surface area contributed by atoms with E-state index >= 15 is 0 Å². The van der Waals surface area contributed by atoms with Gasteiger partial charge in [0.05, 0.1) is 17.8 Å². The second-order valence-corrected chi connectivity index (χ2v) is 6.47. The van der Waals surface area contributed by atoms with Crippen molar-refractivity contribution in [2.45, 2.75) is 25.3 Å². The van der Waals surface area contributed by atoms with Crippen molar-refractivity contribution in [3.8, 4) is 0 Å². The molecule has 0 aromatic heterocycles. The van der Waals surface area contributed by atoms with Crippen LogP contribution in [0.3, 0.4) is 0 Å². The van der Waals surface area contributed by atoms with Crippen molar-refractivity contribution in [3.63, 3.8) is 0 Å². The van der Waals surface area contributed by atoms with Gasteiger partial charge in [0, 0.05) is 5.02 Å². The van der Waals surface area contributed by atoms with Crippen LogP contribution in [-0.4, -0.2) is 12.1 Å². The van der Waals surface area contributed by atoms with Gasteiger partial charge < -0.3 is 0 Å². The van der Waals surface area contributed by atoms with Gasteiger partial charge in [0.1, 0.15) is 0 Å². The lowest BCUT2D eigenvalue weighted by molar-refractivity contribution is 0.107. The second kappa shape index (κ2) is 5.15. The van der Waals surface area contributed by atoms with Crippen LogP contribution in [0, 0.1) is 6.92 Å². The molecule has 0 amide bonds. The summed E-state index contributed by atoms with van der Waals surface area (Å²) in [5.74, 6) is 0. The molecule has 1 fully saturated rings. The standard InChI is InChI=1S/C19H18ClNO/c1-14-4-2-3-5-17(14)18-10-13-22-21(19(18)11-12-19)16-8-6-15(20)7-9-16/h2-10H,11-13H2,1H3. The molecule has 22 heavy (non-hydrogen) atoms. The predicted molar refractivity (Wildman–Crippen MR) is 91.0 cm³/mol. The smallest absolute Gasteiger partial charge is 0.0937 e. The van der Waals surface area contributed by atoms with Crippen LogP contribution in [0.1, 0.15) is 24.0 Å². The second-order valence-electron chi connectivity index (χ2n) is 6.03. The van der Waals surface area contributed by atoms with Crippen molar-refractivity contribution < 1.29 is 4.84 Å². The predicted octanol–water partition coefficient (Wildman–Crippen LogP) is 5.02. The van der Waals surface area contributed by atoms with Crippen molar-refractivity contribution in [1.29, 1.82) is 0 Å². The van der Waals surface area contributed by atoms with E-state index in [-0.39, 0.29) is 5.54 Å². The summed E-state index contributed by atoms with van der Waals surface area (Å²) in [5.41, 5.74) is 5.10. The van der Waals surface area contributed by atoms with Crippen LogP contribution in [0.4, 0.5) is 5.69 Å². The van der Waals surface area contributed by atoms with Gasteiger partial charge in [0.2, 0.25) is 0 Å². The number of benzene rings is 2. The van der Waals surface area contributed by atoms with Gasteiger partial charge in [-0.1, -0.05) is 41.9 Å². The summed E-state index contributed by atoms with van der Waals surface area (Å²) >= 11 is 6.01. The van der Waals surface area contributed by atoms with Gasteiger partial charge in [-0.3, -0.25) is 4.84 Å². The van der Waals surface area contributed by atoms with Gasteiger partial charge in [-0.2, -0.15) is 0 Å². The van der Waals surface area contributed by atoms with Crippen LogP contribution in [0.25, 0.3) is 5.57 Å². The molecule has 1 spiro atoms. The van der Waals surface area contributed by atoms with E-state index in [2.05, 4.69) is 42.3 Å². The quantitative estimate of drug-likeness (QED) is 0.772. The molecule has 1 saturated carbocycles. The molecule has 1 aliphatic carbocycles. The summed E-state index contributed by atoms with van der Waals surface area (Å²) in [7, 11) is 0. The van der Waals surface area contributed by atoms with Crippen molar-refractivity contribution in [3.05, 3.63) is 70.8 Å². The zero-order chi connectivity index (χ0) is 15.2. The zero-order valence-corrected chi connectivity index (χ0v) is 13.3. The van der Waals surface area contributed by atoms with Crippen LogP contribution < -0.4 is 5.06 Å². The molecule has 2 aromatic carbocycles. The molecule has 1 heterocycles. The maximum absolute atomic E-state index is 6.01.